The smallest absolute Gasteiger partial charge is 0.282 e. The Morgan fingerprint density at radius 1 is 1.61 bits per heavy atom. The minimum atomic E-state index is -0.202. The average molecular weight is 318 g/mol. The first-order chi connectivity index (χ1) is 8.26. The number of nitrogens with zero attached hydrogens (tertiary/aromatic N) is 2. The second kappa shape index (κ2) is 5.84. The molecule has 5 nitrogen and oxygen atoms in total. The Morgan fingerprint density at radius 2 is 2.22 bits per heavy atom. The van der Waals surface area contributed by atoms with Gasteiger partial charge < -0.3 is 10.1 Å². The van der Waals surface area contributed by atoms with Gasteiger partial charge in [0.25, 0.3) is 5.56 Å². The molecule has 1 unspecified atom stereocenters. The molecule has 0 amide bonds. The fourth-order valence-electron chi connectivity index (χ4n) is 1.75. The molecular formula is C12H20BrN3O2. The Balaban J connectivity index is 2.80. The summed E-state index contributed by atoms with van der Waals surface area (Å²) in [5, 5.41) is 7.26. The third-order valence-electron chi connectivity index (χ3n) is 2.83. The monoisotopic (exact) mass is 317 g/mol. The van der Waals surface area contributed by atoms with E-state index < -0.39 is 0 Å². The van der Waals surface area contributed by atoms with Gasteiger partial charge in [-0.3, -0.25) is 4.79 Å². The predicted molar refractivity (Wildman–Crippen MR) is 76.0 cm³/mol. The van der Waals surface area contributed by atoms with Gasteiger partial charge in [-0.05, 0) is 43.1 Å². The van der Waals surface area contributed by atoms with Crippen LogP contribution in [0.1, 0.15) is 27.2 Å². The van der Waals surface area contributed by atoms with E-state index in [1.54, 1.807) is 20.4 Å². The minimum Gasteiger partial charge on any atom is -0.380 e. The number of aryl methyl sites for hydroxylation is 1. The van der Waals surface area contributed by atoms with E-state index in [0.29, 0.717) is 10.2 Å². The summed E-state index contributed by atoms with van der Waals surface area (Å²) in [6, 6.07) is 0.171. The Hall–Kier alpha value is -0.880. The maximum absolute atomic E-state index is 11.7. The molecule has 102 valence electrons. The first-order valence-corrected chi connectivity index (χ1v) is 6.59. The summed E-state index contributed by atoms with van der Waals surface area (Å²) in [6.07, 6.45) is 2.47. The van der Waals surface area contributed by atoms with E-state index in [2.05, 4.69) is 26.3 Å². The van der Waals surface area contributed by atoms with Crippen molar-refractivity contribution in [2.24, 2.45) is 7.05 Å². The van der Waals surface area contributed by atoms with Crippen LogP contribution in [0, 0.1) is 0 Å². The maximum atomic E-state index is 11.7. The number of halogens is 1. The van der Waals surface area contributed by atoms with Crippen LogP contribution in [0.4, 0.5) is 5.69 Å². The van der Waals surface area contributed by atoms with Crippen LogP contribution < -0.4 is 10.9 Å². The van der Waals surface area contributed by atoms with Crippen molar-refractivity contribution in [2.75, 3.05) is 12.4 Å². The van der Waals surface area contributed by atoms with Crippen LogP contribution in [0.3, 0.4) is 0 Å². The number of rotatable bonds is 5. The summed E-state index contributed by atoms with van der Waals surface area (Å²) in [7, 11) is 3.32. The highest BCUT2D eigenvalue weighted by atomic mass is 79.9. The van der Waals surface area contributed by atoms with Crippen molar-refractivity contribution >= 4 is 21.6 Å². The second-order valence-corrected chi connectivity index (χ2v) is 5.81. The predicted octanol–water partition coefficient (Wildman–Crippen LogP) is 2.16. The molecule has 1 rings (SSSR count). The lowest BCUT2D eigenvalue weighted by Gasteiger charge is -2.27. The normalized spacial score (nSPS) is 13.4. The van der Waals surface area contributed by atoms with Gasteiger partial charge in [0.2, 0.25) is 0 Å². The maximum Gasteiger partial charge on any atom is 0.282 e. The van der Waals surface area contributed by atoms with Crippen LogP contribution >= 0.6 is 15.9 Å². The van der Waals surface area contributed by atoms with Crippen molar-refractivity contribution < 1.29 is 4.74 Å². The van der Waals surface area contributed by atoms with Gasteiger partial charge in [-0.1, -0.05) is 0 Å². The van der Waals surface area contributed by atoms with Gasteiger partial charge in [-0.15, -0.1) is 0 Å². The minimum absolute atomic E-state index is 0.154. The number of aromatic nitrogens is 2. The molecule has 1 aromatic heterocycles. The van der Waals surface area contributed by atoms with Crippen molar-refractivity contribution in [3.05, 3.63) is 21.0 Å². The standard InChI is InChI=1S/C12H20BrN3O2/c1-8(6-12(2,3)18-5)15-9-7-14-16(4)11(17)10(9)13/h7-8,15H,6H2,1-5H3. The molecule has 0 radical (unpaired) electrons. The fraction of sp³-hybridized carbons (Fsp3) is 0.667. The number of nitrogens with one attached hydrogen (secondary N) is 1. The zero-order valence-corrected chi connectivity index (χ0v) is 13.0. The highest BCUT2D eigenvalue weighted by Crippen LogP contribution is 2.21. The molecule has 1 N–H and O–H groups in total. The topological polar surface area (TPSA) is 56.1 Å². The molecule has 1 atom stereocenters. The van der Waals surface area contributed by atoms with E-state index in [1.165, 1.54) is 4.68 Å². The summed E-state index contributed by atoms with van der Waals surface area (Å²) in [6.45, 7) is 6.11. The molecule has 0 aliphatic rings. The number of anilines is 1. The number of hydrogen-bond donors (Lipinski definition) is 1. The van der Waals surface area contributed by atoms with E-state index in [1.807, 2.05) is 20.8 Å². The molecule has 0 saturated heterocycles. The summed E-state index contributed by atoms with van der Waals surface area (Å²) in [5.74, 6) is 0. The van der Waals surface area contributed by atoms with Crippen molar-refractivity contribution in [3.63, 3.8) is 0 Å². The molecule has 0 saturated carbocycles. The molecule has 6 heteroatoms. The molecule has 0 bridgehead atoms. The van der Waals surface area contributed by atoms with Crippen molar-refractivity contribution in [3.8, 4) is 0 Å². The lowest BCUT2D eigenvalue weighted by atomic mass is 10.00. The Kier molecular flexibility index (Phi) is 4.92. The molecule has 0 aliphatic carbocycles. The van der Waals surface area contributed by atoms with Crippen LogP contribution in [0.2, 0.25) is 0 Å². The first-order valence-electron chi connectivity index (χ1n) is 5.80. The zero-order chi connectivity index (χ0) is 13.9. The lowest BCUT2D eigenvalue weighted by molar-refractivity contribution is 0.0128. The molecule has 0 aromatic carbocycles. The van der Waals surface area contributed by atoms with Crippen LogP contribution in [-0.2, 0) is 11.8 Å². The van der Waals surface area contributed by atoms with Gasteiger partial charge in [-0.25, -0.2) is 4.68 Å². The molecule has 0 fully saturated rings. The fourth-order valence-corrected chi connectivity index (χ4v) is 2.22. The number of ether oxygens (including phenoxy) is 1. The van der Waals surface area contributed by atoms with E-state index in [-0.39, 0.29) is 17.2 Å². The van der Waals surface area contributed by atoms with Gasteiger partial charge in [0.1, 0.15) is 4.47 Å². The van der Waals surface area contributed by atoms with Crippen LogP contribution in [0.25, 0.3) is 0 Å². The van der Waals surface area contributed by atoms with E-state index in [0.717, 1.165) is 6.42 Å². The SMILES string of the molecule is COC(C)(C)CC(C)Nc1cnn(C)c(=O)c1Br. The van der Waals surface area contributed by atoms with Crippen molar-refractivity contribution in [1.82, 2.24) is 9.78 Å². The molecule has 1 heterocycles. The van der Waals surface area contributed by atoms with E-state index in [4.69, 9.17) is 4.74 Å². The summed E-state index contributed by atoms with van der Waals surface area (Å²) >= 11 is 3.29. The average Bonchev–Trinajstić information content (AvgIpc) is 2.29. The summed E-state index contributed by atoms with van der Waals surface area (Å²) in [5.41, 5.74) is 0.349. The Labute approximate surface area is 116 Å². The number of methoxy groups -OCH3 is 1. The third-order valence-corrected chi connectivity index (χ3v) is 3.60. The molecule has 18 heavy (non-hydrogen) atoms. The van der Waals surface area contributed by atoms with E-state index in [9.17, 15) is 4.79 Å². The van der Waals surface area contributed by atoms with Crippen LogP contribution in [-0.4, -0.2) is 28.5 Å². The number of hydrogen-bond acceptors (Lipinski definition) is 4. The highest BCUT2D eigenvalue weighted by Gasteiger charge is 2.20. The summed E-state index contributed by atoms with van der Waals surface area (Å²) in [4.78, 5) is 11.7. The van der Waals surface area contributed by atoms with Gasteiger partial charge in [0, 0.05) is 20.2 Å². The van der Waals surface area contributed by atoms with Gasteiger partial charge >= 0.3 is 0 Å². The quantitative estimate of drug-likeness (QED) is 0.904. The van der Waals surface area contributed by atoms with Crippen LogP contribution in [0.5, 0.6) is 0 Å². The van der Waals surface area contributed by atoms with E-state index >= 15 is 0 Å². The van der Waals surface area contributed by atoms with Crippen molar-refractivity contribution in [1.29, 1.82) is 0 Å². The summed E-state index contributed by atoms with van der Waals surface area (Å²) < 4.78 is 7.18. The lowest BCUT2D eigenvalue weighted by Crippen LogP contribution is -2.32. The second-order valence-electron chi connectivity index (χ2n) is 5.01. The van der Waals surface area contributed by atoms with Crippen molar-refractivity contribution in [2.45, 2.75) is 38.8 Å². The third kappa shape index (κ3) is 3.81. The van der Waals surface area contributed by atoms with Gasteiger partial charge in [0.15, 0.2) is 0 Å². The Morgan fingerprint density at radius 3 is 2.78 bits per heavy atom. The van der Waals surface area contributed by atoms with Crippen LogP contribution in [0.15, 0.2) is 15.5 Å². The first kappa shape index (κ1) is 15.2. The van der Waals surface area contributed by atoms with Gasteiger partial charge in [0.05, 0.1) is 17.5 Å². The highest BCUT2D eigenvalue weighted by molar-refractivity contribution is 9.10. The van der Waals surface area contributed by atoms with Gasteiger partial charge in [-0.2, -0.15) is 5.10 Å². The molecular weight excluding hydrogens is 298 g/mol. The molecule has 1 aromatic rings. The molecule has 0 spiro atoms. The molecule has 0 aliphatic heterocycles. The largest absolute Gasteiger partial charge is 0.380 e. The Bertz CT molecular complexity index is 471. The zero-order valence-electron chi connectivity index (χ0n) is 11.5.